The topological polar surface area (TPSA) is 141 Å². The quantitative estimate of drug-likeness (QED) is 0.215. The van der Waals surface area contributed by atoms with Crippen molar-refractivity contribution in [2.45, 2.75) is 32.9 Å². The van der Waals surface area contributed by atoms with Gasteiger partial charge in [0.15, 0.2) is 5.75 Å². The van der Waals surface area contributed by atoms with Crippen LogP contribution in [0.25, 0.3) is 6.08 Å². The average Bonchev–Trinajstić information content (AvgIpc) is 3.34. The van der Waals surface area contributed by atoms with E-state index in [9.17, 15) is 24.5 Å². The Balaban J connectivity index is 1.80. The van der Waals surface area contributed by atoms with E-state index in [1.807, 2.05) is 6.92 Å². The number of furan rings is 1. The number of amides is 3. The highest BCUT2D eigenvalue weighted by atomic mass is 16.6. The Kier molecular flexibility index (Phi) is 6.57. The van der Waals surface area contributed by atoms with Crippen molar-refractivity contribution in [3.05, 3.63) is 63.2 Å². The van der Waals surface area contributed by atoms with Gasteiger partial charge in [-0.2, -0.15) is 0 Å². The number of benzene rings is 1. The number of nitro groups is 1. The molecular formula is C21H21N3O8. The lowest BCUT2D eigenvalue weighted by Gasteiger charge is -2.12. The van der Waals surface area contributed by atoms with E-state index in [1.54, 1.807) is 13.0 Å². The fraction of sp³-hybridized carbons (Fsp3) is 0.286. The molecule has 32 heavy (non-hydrogen) atoms. The number of ether oxygens (including phenoxy) is 2. The maximum absolute atomic E-state index is 12.7. The Morgan fingerprint density at radius 1 is 1.31 bits per heavy atom. The Labute approximate surface area is 182 Å². The van der Waals surface area contributed by atoms with Gasteiger partial charge >= 0.3 is 17.7 Å². The average molecular weight is 443 g/mol. The van der Waals surface area contributed by atoms with Crippen molar-refractivity contribution in [2.75, 3.05) is 7.11 Å². The molecule has 0 saturated carbocycles. The summed E-state index contributed by atoms with van der Waals surface area (Å²) in [6.07, 6.45) is 1.81. The Morgan fingerprint density at radius 3 is 2.72 bits per heavy atom. The van der Waals surface area contributed by atoms with Crippen LogP contribution in [0.4, 0.5) is 10.5 Å². The van der Waals surface area contributed by atoms with Crippen molar-refractivity contribution in [3.8, 4) is 5.75 Å². The van der Waals surface area contributed by atoms with Crippen LogP contribution < -0.4 is 10.1 Å². The van der Waals surface area contributed by atoms with Gasteiger partial charge in [-0.1, -0.05) is 13.0 Å². The maximum Gasteiger partial charge on any atom is 0.373 e. The van der Waals surface area contributed by atoms with Crippen LogP contribution in [-0.2, 0) is 16.1 Å². The lowest BCUT2D eigenvalue weighted by atomic mass is 10.1. The van der Waals surface area contributed by atoms with Crippen LogP contribution in [0.1, 0.15) is 42.1 Å². The first kappa shape index (κ1) is 22.5. The molecule has 2 aromatic rings. The van der Waals surface area contributed by atoms with E-state index in [4.69, 9.17) is 9.15 Å². The third-order valence-corrected chi connectivity index (χ3v) is 4.72. The number of nitrogens with one attached hydrogen (secondary N) is 1. The van der Waals surface area contributed by atoms with Crippen molar-refractivity contribution in [3.63, 3.8) is 0 Å². The summed E-state index contributed by atoms with van der Waals surface area (Å²) in [4.78, 5) is 48.2. The van der Waals surface area contributed by atoms with Crippen LogP contribution >= 0.6 is 0 Å². The largest absolute Gasteiger partial charge is 0.484 e. The van der Waals surface area contributed by atoms with Crippen LogP contribution in [0.15, 0.2) is 40.4 Å². The molecule has 1 aliphatic rings. The normalized spacial score (nSPS) is 15.6. The number of imide groups is 1. The number of methoxy groups -OCH3 is 1. The molecule has 0 aliphatic carbocycles. The molecule has 2 heterocycles. The van der Waals surface area contributed by atoms with Gasteiger partial charge in [0, 0.05) is 6.07 Å². The monoisotopic (exact) mass is 443 g/mol. The maximum atomic E-state index is 12.7. The Hall–Kier alpha value is -4.15. The van der Waals surface area contributed by atoms with Gasteiger partial charge in [0.05, 0.1) is 24.7 Å². The number of hydrogen-bond donors (Lipinski definition) is 1. The second-order valence-electron chi connectivity index (χ2n) is 6.96. The zero-order chi connectivity index (χ0) is 23.4. The Morgan fingerprint density at radius 2 is 2.06 bits per heavy atom. The van der Waals surface area contributed by atoms with Crippen LogP contribution in [0.5, 0.6) is 5.75 Å². The summed E-state index contributed by atoms with van der Waals surface area (Å²) in [5.74, 6) is -1.06. The third-order valence-electron chi connectivity index (χ3n) is 4.72. The summed E-state index contributed by atoms with van der Waals surface area (Å²) >= 11 is 0. The molecule has 11 heteroatoms. The summed E-state index contributed by atoms with van der Waals surface area (Å²) in [7, 11) is 1.20. The third kappa shape index (κ3) is 4.77. The fourth-order valence-electron chi connectivity index (χ4n) is 2.88. The number of nitrogens with zero attached hydrogens (tertiary/aromatic N) is 2. The first-order valence-electron chi connectivity index (χ1n) is 9.70. The van der Waals surface area contributed by atoms with E-state index in [1.165, 1.54) is 37.5 Å². The van der Waals surface area contributed by atoms with Crippen molar-refractivity contribution in [2.24, 2.45) is 0 Å². The van der Waals surface area contributed by atoms with Gasteiger partial charge in [0.2, 0.25) is 5.76 Å². The van der Waals surface area contributed by atoms with Crippen molar-refractivity contribution < 1.29 is 33.2 Å². The lowest BCUT2D eigenvalue weighted by Crippen LogP contribution is -2.30. The smallest absolute Gasteiger partial charge is 0.373 e. The summed E-state index contributed by atoms with van der Waals surface area (Å²) in [6.45, 7) is 3.49. The second-order valence-corrected chi connectivity index (χ2v) is 6.96. The molecule has 0 bridgehead atoms. The van der Waals surface area contributed by atoms with Gasteiger partial charge in [-0.15, -0.1) is 0 Å². The minimum absolute atomic E-state index is 0.0559. The van der Waals surface area contributed by atoms with E-state index < -0.39 is 22.8 Å². The molecule has 1 aromatic heterocycles. The van der Waals surface area contributed by atoms with Gasteiger partial charge in [0.25, 0.3) is 5.91 Å². The number of hydrogen-bond acceptors (Lipinski definition) is 8. The first-order chi connectivity index (χ1) is 15.2. The molecular weight excluding hydrogens is 422 g/mol. The highest BCUT2D eigenvalue weighted by Crippen LogP contribution is 2.30. The van der Waals surface area contributed by atoms with Crippen molar-refractivity contribution >= 4 is 29.7 Å². The Bertz CT molecular complexity index is 1100. The molecule has 11 nitrogen and oxygen atoms in total. The molecule has 3 rings (SSSR count). The van der Waals surface area contributed by atoms with E-state index in [-0.39, 0.29) is 41.3 Å². The number of rotatable bonds is 8. The molecule has 0 radical (unpaired) electrons. The van der Waals surface area contributed by atoms with Crippen molar-refractivity contribution in [1.82, 2.24) is 10.2 Å². The van der Waals surface area contributed by atoms with Gasteiger partial charge in [-0.25, -0.2) is 9.59 Å². The molecule has 3 amide bonds. The molecule has 1 atom stereocenters. The zero-order valence-electron chi connectivity index (χ0n) is 17.6. The standard InChI is InChI=1S/C21H21N3O8/c1-4-12(2)31-17-7-5-13(10-16(17)24(28)29)9-15-19(25)23(21(27)22-15)11-14-6-8-18(32-14)20(26)30-3/h5-10,12H,4,11H2,1-3H3,(H,22,27). The number of esters is 1. The summed E-state index contributed by atoms with van der Waals surface area (Å²) in [5.41, 5.74) is 0.0310. The molecule has 1 aromatic carbocycles. The van der Waals surface area contributed by atoms with E-state index in [2.05, 4.69) is 10.1 Å². The first-order valence-corrected chi connectivity index (χ1v) is 9.70. The predicted molar refractivity (Wildman–Crippen MR) is 111 cm³/mol. The van der Waals surface area contributed by atoms with Gasteiger partial charge in [-0.05, 0) is 43.2 Å². The van der Waals surface area contributed by atoms with E-state index in [0.717, 1.165) is 4.90 Å². The SMILES string of the molecule is CCC(C)Oc1ccc(C=C2NC(=O)N(Cc3ccc(C(=O)OC)o3)C2=O)cc1[N+](=O)[O-]. The highest BCUT2D eigenvalue weighted by molar-refractivity contribution is 6.13. The second kappa shape index (κ2) is 9.33. The molecule has 1 fully saturated rings. The van der Waals surface area contributed by atoms with Crippen molar-refractivity contribution in [1.29, 1.82) is 0 Å². The minimum atomic E-state index is -0.691. The molecule has 1 N–H and O–H groups in total. The van der Waals surface area contributed by atoms with Crippen LogP contribution in [0.3, 0.4) is 0 Å². The fourth-order valence-corrected chi connectivity index (χ4v) is 2.88. The minimum Gasteiger partial charge on any atom is -0.484 e. The van der Waals surface area contributed by atoms with Gasteiger partial charge in [0.1, 0.15) is 11.5 Å². The van der Waals surface area contributed by atoms with Gasteiger partial charge in [-0.3, -0.25) is 19.8 Å². The van der Waals surface area contributed by atoms with E-state index >= 15 is 0 Å². The van der Waals surface area contributed by atoms with E-state index in [0.29, 0.717) is 12.0 Å². The molecule has 168 valence electrons. The summed E-state index contributed by atoms with van der Waals surface area (Å²) in [6, 6.07) is 6.40. The predicted octanol–water partition coefficient (Wildman–Crippen LogP) is 3.24. The number of carbonyl (C=O) groups excluding carboxylic acids is 3. The van der Waals surface area contributed by atoms with Crippen LogP contribution in [0, 0.1) is 10.1 Å². The lowest BCUT2D eigenvalue weighted by molar-refractivity contribution is -0.386. The van der Waals surface area contributed by atoms with Crippen LogP contribution in [-0.4, -0.2) is 40.9 Å². The molecule has 1 aliphatic heterocycles. The number of carbonyl (C=O) groups is 3. The highest BCUT2D eigenvalue weighted by Gasteiger charge is 2.34. The van der Waals surface area contributed by atoms with Crippen LogP contribution in [0.2, 0.25) is 0 Å². The molecule has 1 saturated heterocycles. The van der Waals surface area contributed by atoms with Gasteiger partial charge < -0.3 is 19.2 Å². The summed E-state index contributed by atoms with van der Waals surface area (Å²) in [5, 5.41) is 13.9. The molecule has 1 unspecified atom stereocenters. The number of urea groups is 1. The number of nitro benzene ring substituents is 1. The zero-order valence-corrected chi connectivity index (χ0v) is 17.6. The molecule has 0 spiro atoms. The summed E-state index contributed by atoms with van der Waals surface area (Å²) < 4.78 is 15.4.